The van der Waals surface area contributed by atoms with Crippen molar-refractivity contribution in [2.24, 2.45) is 0 Å². The number of carbonyl (C=O) groups is 1. The molecule has 190 valence electrons. The third-order valence-electron chi connectivity index (χ3n) is 6.66. The lowest BCUT2D eigenvalue weighted by molar-refractivity contribution is -0.137. The van der Waals surface area contributed by atoms with E-state index in [1.54, 1.807) is 0 Å². The second-order valence-electron chi connectivity index (χ2n) is 9.15. The summed E-state index contributed by atoms with van der Waals surface area (Å²) < 4.78 is 39.9. The van der Waals surface area contributed by atoms with E-state index in [0.717, 1.165) is 32.3 Å². The first kappa shape index (κ1) is 25.9. The van der Waals surface area contributed by atoms with Crippen LogP contribution in [0.2, 0.25) is 0 Å². The quantitative estimate of drug-likeness (QED) is 0.306. The highest BCUT2D eigenvalue weighted by atomic mass is 19.4. The van der Waals surface area contributed by atoms with Crippen LogP contribution in [0.1, 0.15) is 40.3 Å². The zero-order valence-electron chi connectivity index (χ0n) is 20.0. The van der Waals surface area contributed by atoms with Crippen LogP contribution in [-0.2, 0) is 23.9 Å². The second kappa shape index (κ2) is 12.1. The lowest BCUT2D eigenvalue weighted by Crippen LogP contribution is -2.35. The standard InChI is InChI=1S/C28H31F3N4O/c29-28(30,31)24-15-23(27(34-16-24)11-13-32-20-36)18-35-14-12-25(19-35)33-17-26(21-7-3-1-4-8-21)22-9-5-2-6-10-22/h1-10,15-16,20,25-26,33H,11-14,17-19H2,(H,32,36). The van der Waals surface area contributed by atoms with Crippen molar-refractivity contribution in [1.82, 2.24) is 20.5 Å². The number of hydrogen-bond acceptors (Lipinski definition) is 4. The molecule has 36 heavy (non-hydrogen) atoms. The third kappa shape index (κ3) is 6.92. The molecule has 5 nitrogen and oxygen atoms in total. The highest BCUT2D eigenvalue weighted by molar-refractivity contribution is 5.45. The van der Waals surface area contributed by atoms with Crippen LogP contribution in [0.25, 0.3) is 0 Å². The van der Waals surface area contributed by atoms with Gasteiger partial charge in [0, 0.05) is 63.0 Å². The summed E-state index contributed by atoms with van der Waals surface area (Å²) in [6.07, 6.45) is -1.68. The molecule has 1 aromatic heterocycles. The highest BCUT2D eigenvalue weighted by Crippen LogP contribution is 2.30. The Bertz CT molecular complexity index is 1070. The zero-order valence-corrected chi connectivity index (χ0v) is 20.0. The molecule has 1 aliphatic heterocycles. The summed E-state index contributed by atoms with van der Waals surface area (Å²) >= 11 is 0. The molecule has 4 rings (SSSR count). The number of hydrogen-bond donors (Lipinski definition) is 2. The summed E-state index contributed by atoms with van der Waals surface area (Å²) in [4.78, 5) is 16.8. The molecule has 3 aromatic rings. The molecule has 0 aliphatic carbocycles. The molecule has 0 radical (unpaired) electrons. The molecule has 1 amide bonds. The van der Waals surface area contributed by atoms with Crippen LogP contribution >= 0.6 is 0 Å². The monoisotopic (exact) mass is 496 g/mol. The Balaban J connectivity index is 1.41. The Hall–Kier alpha value is -3.23. The van der Waals surface area contributed by atoms with E-state index in [1.807, 2.05) is 36.4 Å². The molecule has 1 unspecified atom stereocenters. The number of rotatable bonds is 11. The van der Waals surface area contributed by atoms with Gasteiger partial charge in [0.2, 0.25) is 6.41 Å². The van der Waals surface area contributed by atoms with Gasteiger partial charge in [-0.1, -0.05) is 60.7 Å². The highest BCUT2D eigenvalue weighted by Gasteiger charge is 2.32. The molecule has 0 saturated carbocycles. The number of nitrogens with one attached hydrogen (secondary N) is 2. The Morgan fingerprint density at radius 3 is 2.33 bits per heavy atom. The molecule has 1 atom stereocenters. The normalized spacial score (nSPS) is 16.4. The van der Waals surface area contributed by atoms with E-state index in [1.165, 1.54) is 17.2 Å². The van der Waals surface area contributed by atoms with Crippen LogP contribution in [0, 0.1) is 0 Å². The van der Waals surface area contributed by atoms with Crippen molar-refractivity contribution in [3.8, 4) is 0 Å². The topological polar surface area (TPSA) is 57.3 Å². The van der Waals surface area contributed by atoms with Crippen molar-refractivity contribution in [3.63, 3.8) is 0 Å². The summed E-state index contributed by atoms with van der Waals surface area (Å²) in [7, 11) is 0. The number of benzene rings is 2. The number of aromatic nitrogens is 1. The first-order valence-electron chi connectivity index (χ1n) is 12.2. The van der Waals surface area contributed by atoms with Crippen molar-refractivity contribution in [3.05, 3.63) is 101 Å². The Morgan fingerprint density at radius 2 is 1.72 bits per heavy atom. The average Bonchev–Trinajstić information content (AvgIpc) is 3.33. The van der Waals surface area contributed by atoms with E-state index >= 15 is 0 Å². The molecular formula is C28H31F3N4O. The van der Waals surface area contributed by atoms with Crippen LogP contribution in [0.5, 0.6) is 0 Å². The Morgan fingerprint density at radius 1 is 1.06 bits per heavy atom. The lowest BCUT2D eigenvalue weighted by Gasteiger charge is -2.22. The summed E-state index contributed by atoms with van der Waals surface area (Å²) in [6, 6.07) is 22.2. The first-order chi connectivity index (χ1) is 17.4. The van der Waals surface area contributed by atoms with Crippen LogP contribution < -0.4 is 10.6 Å². The predicted molar refractivity (Wildman–Crippen MR) is 133 cm³/mol. The molecule has 0 spiro atoms. The van der Waals surface area contributed by atoms with Crippen molar-refractivity contribution in [2.75, 3.05) is 26.2 Å². The van der Waals surface area contributed by atoms with Gasteiger partial charge in [-0.05, 0) is 29.2 Å². The maximum absolute atomic E-state index is 13.3. The second-order valence-corrected chi connectivity index (χ2v) is 9.15. The predicted octanol–water partition coefficient (Wildman–Crippen LogP) is 4.38. The first-order valence-corrected chi connectivity index (χ1v) is 12.2. The van der Waals surface area contributed by atoms with Crippen molar-refractivity contribution >= 4 is 6.41 Å². The van der Waals surface area contributed by atoms with Gasteiger partial charge in [0.1, 0.15) is 0 Å². The molecule has 1 aliphatic rings. The van der Waals surface area contributed by atoms with Gasteiger partial charge >= 0.3 is 6.18 Å². The molecule has 2 heterocycles. The van der Waals surface area contributed by atoms with E-state index in [2.05, 4.69) is 44.8 Å². The molecular weight excluding hydrogens is 465 g/mol. The molecule has 2 aromatic carbocycles. The van der Waals surface area contributed by atoms with Gasteiger partial charge < -0.3 is 10.6 Å². The van der Waals surface area contributed by atoms with Crippen molar-refractivity contribution in [1.29, 1.82) is 0 Å². The van der Waals surface area contributed by atoms with E-state index in [4.69, 9.17) is 0 Å². The Kier molecular flexibility index (Phi) is 8.72. The van der Waals surface area contributed by atoms with E-state index in [-0.39, 0.29) is 12.0 Å². The van der Waals surface area contributed by atoms with Gasteiger partial charge in [-0.15, -0.1) is 0 Å². The maximum Gasteiger partial charge on any atom is 0.417 e. The van der Waals surface area contributed by atoms with E-state index in [9.17, 15) is 18.0 Å². The number of carbonyl (C=O) groups excluding carboxylic acids is 1. The smallest absolute Gasteiger partial charge is 0.358 e. The number of alkyl halides is 3. The van der Waals surface area contributed by atoms with Gasteiger partial charge in [0.15, 0.2) is 0 Å². The summed E-state index contributed by atoms with van der Waals surface area (Å²) in [5.41, 5.74) is 2.89. The minimum atomic E-state index is -4.44. The van der Waals surface area contributed by atoms with Crippen LogP contribution in [0.15, 0.2) is 72.9 Å². The molecule has 1 fully saturated rings. The third-order valence-corrected chi connectivity index (χ3v) is 6.66. The minimum absolute atomic E-state index is 0.214. The van der Waals surface area contributed by atoms with Gasteiger partial charge in [-0.25, -0.2) is 0 Å². The molecule has 2 N–H and O–H groups in total. The summed E-state index contributed by atoms with van der Waals surface area (Å²) in [6.45, 7) is 3.05. The molecule has 0 bridgehead atoms. The fourth-order valence-corrected chi connectivity index (χ4v) is 4.77. The molecule has 1 saturated heterocycles. The van der Waals surface area contributed by atoms with Crippen LogP contribution in [-0.4, -0.2) is 48.5 Å². The minimum Gasteiger partial charge on any atom is -0.358 e. The fourth-order valence-electron chi connectivity index (χ4n) is 4.77. The van der Waals surface area contributed by atoms with Crippen molar-refractivity contribution < 1.29 is 18.0 Å². The Labute approximate surface area is 209 Å². The number of amides is 1. The van der Waals surface area contributed by atoms with Crippen molar-refractivity contribution in [2.45, 2.75) is 37.5 Å². The van der Waals surface area contributed by atoms with Gasteiger partial charge in [-0.3, -0.25) is 14.7 Å². The van der Waals surface area contributed by atoms with E-state index < -0.39 is 11.7 Å². The zero-order chi connectivity index (χ0) is 25.4. The van der Waals surface area contributed by atoms with Gasteiger partial charge in [0.25, 0.3) is 0 Å². The number of likely N-dealkylation sites (tertiary alicyclic amines) is 1. The fraction of sp³-hybridized carbons (Fsp3) is 0.357. The van der Waals surface area contributed by atoms with Gasteiger partial charge in [0.05, 0.1) is 5.56 Å². The van der Waals surface area contributed by atoms with Crippen LogP contribution in [0.3, 0.4) is 0 Å². The number of halogens is 3. The maximum atomic E-state index is 13.3. The number of nitrogens with zero attached hydrogens (tertiary/aromatic N) is 2. The van der Waals surface area contributed by atoms with Gasteiger partial charge in [-0.2, -0.15) is 13.2 Å². The van der Waals surface area contributed by atoms with E-state index in [0.29, 0.717) is 37.2 Å². The number of pyridine rings is 1. The summed E-state index contributed by atoms with van der Waals surface area (Å²) in [5, 5.41) is 6.26. The average molecular weight is 497 g/mol. The molecule has 8 heteroatoms. The van der Waals surface area contributed by atoms with Crippen LogP contribution in [0.4, 0.5) is 13.2 Å². The largest absolute Gasteiger partial charge is 0.417 e. The summed E-state index contributed by atoms with van der Waals surface area (Å²) in [5.74, 6) is 0.214. The lowest BCUT2D eigenvalue weighted by atomic mass is 9.91. The SMILES string of the molecule is O=CNCCc1ncc(C(F)(F)F)cc1CN1CCC(NCC(c2ccccc2)c2ccccc2)C1.